The SMILES string of the molecule is CCn1ncnc1CN1C[C@@H]2CN(C(C)=O)[C@@H](c3ccc(OC)cc3)[C@@H]2C1. The lowest BCUT2D eigenvalue weighted by Gasteiger charge is -2.29. The highest BCUT2D eigenvalue weighted by Gasteiger charge is 2.48. The van der Waals surface area contributed by atoms with Crippen LogP contribution in [0.25, 0.3) is 0 Å². The summed E-state index contributed by atoms with van der Waals surface area (Å²) in [5.41, 5.74) is 1.19. The molecule has 0 saturated carbocycles. The van der Waals surface area contributed by atoms with Crippen LogP contribution in [0.2, 0.25) is 0 Å². The maximum atomic E-state index is 12.3. The van der Waals surface area contributed by atoms with Crippen LogP contribution < -0.4 is 4.74 Å². The lowest BCUT2D eigenvalue weighted by atomic mass is 9.89. The minimum absolute atomic E-state index is 0.132. The summed E-state index contributed by atoms with van der Waals surface area (Å²) in [5, 5.41) is 4.28. The van der Waals surface area contributed by atoms with E-state index in [0.29, 0.717) is 11.8 Å². The van der Waals surface area contributed by atoms with Crippen LogP contribution in [0.3, 0.4) is 0 Å². The number of aryl methyl sites for hydroxylation is 1. The number of hydrogen-bond donors (Lipinski definition) is 0. The van der Waals surface area contributed by atoms with Gasteiger partial charge in [0.15, 0.2) is 0 Å². The molecule has 7 nitrogen and oxygen atoms in total. The molecule has 0 bridgehead atoms. The average molecular weight is 369 g/mol. The highest BCUT2D eigenvalue weighted by molar-refractivity contribution is 5.74. The van der Waals surface area contributed by atoms with E-state index < -0.39 is 0 Å². The molecule has 1 amide bonds. The van der Waals surface area contributed by atoms with Gasteiger partial charge >= 0.3 is 0 Å². The second-order valence-corrected chi connectivity index (χ2v) is 7.50. The molecule has 1 aromatic heterocycles. The first-order valence-electron chi connectivity index (χ1n) is 9.61. The molecule has 27 heavy (non-hydrogen) atoms. The second-order valence-electron chi connectivity index (χ2n) is 7.50. The van der Waals surface area contributed by atoms with Crippen molar-refractivity contribution in [1.82, 2.24) is 24.6 Å². The Balaban J connectivity index is 1.54. The Bertz CT molecular complexity index is 803. The first-order valence-corrected chi connectivity index (χ1v) is 9.61. The zero-order valence-corrected chi connectivity index (χ0v) is 16.2. The highest BCUT2D eigenvalue weighted by Crippen LogP contribution is 2.45. The number of aromatic nitrogens is 3. The van der Waals surface area contributed by atoms with Crippen LogP contribution in [-0.2, 0) is 17.9 Å². The minimum Gasteiger partial charge on any atom is -0.497 e. The first kappa shape index (κ1) is 18.0. The molecule has 0 N–H and O–H groups in total. The van der Waals surface area contributed by atoms with Crippen LogP contribution in [0, 0.1) is 11.8 Å². The molecule has 0 aliphatic carbocycles. The van der Waals surface area contributed by atoms with Gasteiger partial charge in [-0.1, -0.05) is 12.1 Å². The summed E-state index contributed by atoms with van der Waals surface area (Å²) in [5.74, 6) is 2.96. The van der Waals surface area contributed by atoms with Crippen LogP contribution in [-0.4, -0.2) is 57.2 Å². The Morgan fingerprint density at radius 2 is 2.00 bits per heavy atom. The smallest absolute Gasteiger partial charge is 0.219 e. The van der Waals surface area contributed by atoms with Crippen LogP contribution in [0.5, 0.6) is 5.75 Å². The monoisotopic (exact) mass is 369 g/mol. The van der Waals surface area contributed by atoms with Gasteiger partial charge in [0, 0.05) is 39.0 Å². The molecule has 0 unspecified atom stereocenters. The summed E-state index contributed by atoms with van der Waals surface area (Å²) in [7, 11) is 1.67. The molecule has 3 atom stereocenters. The molecule has 1 aromatic carbocycles. The van der Waals surface area contributed by atoms with Crippen LogP contribution in [0.15, 0.2) is 30.6 Å². The predicted molar refractivity (Wildman–Crippen MR) is 101 cm³/mol. The number of likely N-dealkylation sites (tertiary alicyclic amines) is 2. The number of benzene rings is 1. The summed E-state index contributed by atoms with van der Waals surface area (Å²) in [6, 6.07) is 8.29. The third-order valence-electron chi connectivity index (χ3n) is 5.96. The van der Waals surface area contributed by atoms with E-state index in [2.05, 4.69) is 34.0 Å². The van der Waals surface area contributed by atoms with Crippen molar-refractivity contribution >= 4 is 5.91 Å². The summed E-state index contributed by atoms with van der Waals surface area (Å²) in [6.07, 6.45) is 1.63. The lowest BCUT2D eigenvalue weighted by molar-refractivity contribution is -0.130. The Kier molecular flexibility index (Phi) is 4.86. The molecular weight excluding hydrogens is 342 g/mol. The van der Waals surface area contributed by atoms with Crippen molar-refractivity contribution in [2.75, 3.05) is 26.7 Å². The van der Waals surface area contributed by atoms with Gasteiger partial charge in [-0.15, -0.1) is 0 Å². The van der Waals surface area contributed by atoms with Crippen molar-refractivity contribution in [2.45, 2.75) is 33.0 Å². The number of ether oxygens (including phenoxy) is 1. The van der Waals surface area contributed by atoms with E-state index in [-0.39, 0.29) is 11.9 Å². The van der Waals surface area contributed by atoms with Gasteiger partial charge in [0.2, 0.25) is 5.91 Å². The van der Waals surface area contributed by atoms with Crippen molar-refractivity contribution in [1.29, 1.82) is 0 Å². The molecule has 0 spiro atoms. The van der Waals surface area contributed by atoms with E-state index in [1.807, 2.05) is 21.7 Å². The third kappa shape index (κ3) is 3.32. The van der Waals surface area contributed by atoms with Crippen molar-refractivity contribution in [2.24, 2.45) is 11.8 Å². The van der Waals surface area contributed by atoms with E-state index in [9.17, 15) is 4.79 Å². The quantitative estimate of drug-likeness (QED) is 0.806. The molecule has 2 aliphatic heterocycles. The molecule has 2 fully saturated rings. The fourth-order valence-electron chi connectivity index (χ4n) is 4.69. The number of carbonyl (C=O) groups excluding carboxylic acids is 1. The Morgan fingerprint density at radius 1 is 1.22 bits per heavy atom. The standard InChI is InChI=1S/C20H27N5O2/c1-4-25-19(21-13-22-25)12-23-9-16-10-24(14(2)26)20(18(16)11-23)15-5-7-17(27-3)8-6-15/h5-8,13,16,18,20H,4,9-12H2,1-3H3/t16-,18-,20+/m1/s1. The molecule has 2 saturated heterocycles. The topological polar surface area (TPSA) is 63.5 Å². The fraction of sp³-hybridized carbons (Fsp3) is 0.550. The highest BCUT2D eigenvalue weighted by atomic mass is 16.5. The van der Waals surface area contributed by atoms with Gasteiger partial charge in [-0.25, -0.2) is 9.67 Å². The lowest BCUT2D eigenvalue weighted by Crippen LogP contribution is -2.34. The molecule has 0 radical (unpaired) electrons. The fourth-order valence-corrected chi connectivity index (χ4v) is 4.69. The van der Waals surface area contributed by atoms with E-state index in [1.165, 1.54) is 5.56 Å². The minimum atomic E-state index is 0.132. The number of methoxy groups -OCH3 is 1. The van der Waals surface area contributed by atoms with Gasteiger partial charge in [-0.2, -0.15) is 5.10 Å². The van der Waals surface area contributed by atoms with Crippen molar-refractivity contribution in [3.63, 3.8) is 0 Å². The Labute approximate surface area is 159 Å². The predicted octanol–water partition coefficient (Wildman–Crippen LogP) is 1.96. The van der Waals surface area contributed by atoms with Crippen LogP contribution >= 0.6 is 0 Å². The molecule has 3 heterocycles. The third-order valence-corrected chi connectivity index (χ3v) is 5.96. The maximum absolute atomic E-state index is 12.3. The largest absolute Gasteiger partial charge is 0.497 e. The summed E-state index contributed by atoms with van der Waals surface area (Å²) in [4.78, 5) is 21.2. The van der Waals surface area contributed by atoms with Gasteiger partial charge in [0.25, 0.3) is 0 Å². The normalized spacial score (nSPS) is 25.0. The van der Waals surface area contributed by atoms with Crippen molar-refractivity contribution < 1.29 is 9.53 Å². The van der Waals surface area contributed by atoms with Gasteiger partial charge < -0.3 is 9.64 Å². The number of carbonyl (C=O) groups is 1. The summed E-state index contributed by atoms with van der Waals surface area (Å²) < 4.78 is 7.24. The van der Waals surface area contributed by atoms with E-state index in [0.717, 1.165) is 44.3 Å². The van der Waals surface area contributed by atoms with Crippen LogP contribution in [0.1, 0.15) is 31.3 Å². The van der Waals surface area contributed by atoms with E-state index in [1.54, 1.807) is 20.4 Å². The van der Waals surface area contributed by atoms with E-state index >= 15 is 0 Å². The zero-order chi connectivity index (χ0) is 19.0. The molecule has 2 aliphatic rings. The summed E-state index contributed by atoms with van der Waals surface area (Å²) in [6.45, 7) is 8.21. The average Bonchev–Trinajstić information content (AvgIpc) is 3.36. The molecule has 4 rings (SSSR count). The van der Waals surface area contributed by atoms with Gasteiger partial charge in [-0.3, -0.25) is 9.69 Å². The van der Waals surface area contributed by atoms with Crippen molar-refractivity contribution in [3.8, 4) is 5.75 Å². The van der Waals surface area contributed by atoms with Gasteiger partial charge in [0.1, 0.15) is 17.9 Å². The summed E-state index contributed by atoms with van der Waals surface area (Å²) >= 11 is 0. The number of fused-ring (bicyclic) bond motifs is 1. The Hall–Kier alpha value is -2.41. The Morgan fingerprint density at radius 3 is 2.67 bits per heavy atom. The van der Waals surface area contributed by atoms with Crippen molar-refractivity contribution in [3.05, 3.63) is 42.0 Å². The number of nitrogens with zero attached hydrogens (tertiary/aromatic N) is 5. The molecule has 7 heteroatoms. The maximum Gasteiger partial charge on any atom is 0.219 e. The zero-order valence-electron chi connectivity index (χ0n) is 16.2. The van der Waals surface area contributed by atoms with Crippen LogP contribution in [0.4, 0.5) is 0 Å². The number of rotatable bonds is 5. The van der Waals surface area contributed by atoms with E-state index in [4.69, 9.17) is 4.74 Å². The molecule has 144 valence electrons. The van der Waals surface area contributed by atoms with Gasteiger partial charge in [-0.05, 0) is 30.5 Å². The molecular formula is C20H27N5O2. The van der Waals surface area contributed by atoms with Gasteiger partial charge in [0.05, 0.1) is 19.7 Å². The number of hydrogen-bond acceptors (Lipinski definition) is 5. The molecule has 2 aromatic rings. The number of amides is 1. The second kappa shape index (κ2) is 7.31. The first-order chi connectivity index (χ1) is 13.1.